The van der Waals surface area contributed by atoms with Crippen molar-refractivity contribution in [2.24, 2.45) is 0 Å². The summed E-state index contributed by atoms with van der Waals surface area (Å²) in [4.78, 5) is 22.6. The van der Waals surface area contributed by atoms with Crippen LogP contribution in [0.25, 0.3) is 6.08 Å². The molecule has 0 saturated heterocycles. The molecule has 2 rings (SSSR count). The first kappa shape index (κ1) is 12.8. The Bertz CT molecular complexity index is 592. The fraction of sp³-hybridized carbons (Fsp3) is 0.0667. The standard InChI is InChI=1S/C15H12O4/c1-11(16)12-4-6-14(7-5-12)19-15(17)9-8-13-3-2-10-18-13/h2-10H,1H3/b9-8+. The number of ketones is 1. The van der Waals surface area contributed by atoms with Gasteiger partial charge in [-0.25, -0.2) is 4.79 Å². The minimum Gasteiger partial charge on any atom is -0.465 e. The first-order valence-electron chi connectivity index (χ1n) is 5.69. The van der Waals surface area contributed by atoms with Gasteiger partial charge in [-0.3, -0.25) is 4.79 Å². The molecule has 0 amide bonds. The molecule has 4 heteroatoms. The molecule has 0 bridgehead atoms. The molecule has 0 aliphatic heterocycles. The van der Waals surface area contributed by atoms with Crippen molar-refractivity contribution in [3.05, 3.63) is 60.1 Å². The van der Waals surface area contributed by atoms with E-state index in [0.29, 0.717) is 17.1 Å². The molecule has 96 valence electrons. The molecule has 0 fully saturated rings. The van der Waals surface area contributed by atoms with Crippen molar-refractivity contribution in [3.8, 4) is 5.75 Å². The summed E-state index contributed by atoms with van der Waals surface area (Å²) in [5.74, 6) is 0.422. The Hall–Kier alpha value is -2.62. The van der Waals surface area contributed by atoms with E-state index in [2.05, 4.69) is 0 Å². The Morgan fingerprint density at radius 1 is 1.16 bits per heavy atom. The quantitative estimate of drug-likeness (QED) is 0.365. The maximum absolute atomic E-state index is 11.5. The van der Waals surface area contributed by atoms with E-state index >= 15 is 0 Å². The number of Topliss-reactive ketones (excluding diaryl/α,β-unsaturated/α-hetero) is 1. The lowest BCUT2D eigenvalue weighted by Crippen LogP contribution is -2.03. The van der Waals surface area contributed by atoms with Crippen molar-refractivity contribution in [1.29, 1.82) is 0 Å². The molecule has 0 aliphatic rings. The van der Waals surface area contributed by atoms with E-state index in [1.54, 1.807) is 36.4 Å². The summed E-state index contributed by atoms with van der Waals surface area (Å²) < 4.78 is 10.1. The van der Waals surface area contributed by atoms with Crippen molar-refractivity contribution < 1.29 is 18.7 Å². The number of hydrogen-bond donors (Lipinski definition) is 0. The molecule has 0 N–H and O–H groups in total. The molecule has 0 saturated carbocycles. The number of carbonyl (C=O) groups excluding carboxylic acids is 2. The van der Waals surface area contributed by atoms with Crippen molar-refractivity contribution in [2.75, 3.05) is 0 Å². The van der Waals surface area contributed by atoms with Crippen molar-refractivity contribution in [3.63, 3.8) is 0 Å². The van der Waals surface area contributed by atoms with Crippen LogP contribution in [-0.2, 0) is 4.79 Å². The first-order valence-corrected chi connectivity index (χ1v) is 5.69. The average Bonchev–Trinajstić information content (AvgIpc) is 2.90. The van der Waals surface area contributed by atoms with Crippen LogP contribution in [0.2, 0.25) is 0 Å². The summed E-state index contributed by atoms with van der Waals surface area (Å²) in [6, 6.07) is 9.84. The van der Waals surface area contributed by atoms with Gasteiger partial charge in [0.1, 0.15) is 11.5 Å². The maximum atomic E-state index is 11.5. The molecule has 2 aromatic rings. The van der Waals surface area contributed by atoms with E-state index in [0.717, 1.165) is 0 Å². The highest BCUT2D eigenvalue weighted by atomic mass is 16.5. The number of esters is 1. The smallest absolute Gasteiger partial charge is 0.336 e. The number of ether oxygens (including phenoxy) is 1. The van der Waals surface area contributed by atoms with Crippen LogP contribution in [0.4, 0.5) is 0 Å². The average molecular weight is 256 g/mol. The lowest BCUT2D eigenvalue weighted by atomic mass is 10.1. The molecule has 1 aromatic carbocycles. The van der Waals surface area contributed by atoms with Crippen LogP contribution in [0.5, 0.6) is 5.75 Å². The highest BCUT2D eigenvalue weighted by Gasteiger charge is 2.03. The van der Waals surface area contributed by atoms with E-state index in [-0.39, 0.29) is 5.78 Å². The molecular weight excluding hydrogens is 244 g/mol. The largest absolute Gasteiger partial charge is 0.465 e. The SMILES string of the molecule is CC(=O)c1ccc(OC(=O)/C=C/c2ccco2)cc1. The van der Waals surface area contributed by atoms with Gasteiger partial charge < -0.3 is 9.15 Å². The van der Waals surface area contributed by atoms with Gasteiger partial charge in [0.15, 0.2) is 5.78 Å². The van der Waals surface area contributed by atoms with Crippen LogP contribution in [0.3, 0.4) is 0 Å². The number of benzene rings is 1. The molecule has 1 aromatic heterocycles. The zero-order valence-electron chi connectivity index (χ0n) is 10.3. The van der Waals surface area contributed by atoms with Gasteiger partial charge in [0.25, 0.3) is 0 Å². The Balaban J connectivity index is 1.97. The van der Waals surface area contributed by atoms with E-state index < -0.39 is 5.97 Å². The van der Waals surface area contributed by atoms with Gasteiger partial charge in [0.05, 0.1) is 6.26 Å². The Kier molecular flexibility index (Phi) is 3.93. The Morgan fingerprint density at radius 2 is 1.89 bits per heavy atom. The third kappa shape index (κ3) is 3.67. The summed E-state index contributed by atoms with van der Waals surface area (Å²) in [6.07, 6.45) is 4.31. The van der Waals surface area contributed by atoms with Gasteiger partial charge in [-0.2, -0.15) is 0 Å². The minimum atomic E-state index is -0.507. The van der Waals surface area contributed by atoms with Gasteiger partial charge in [0, 0.05) is 11.6 Å². The molecule has 0 aliphatic carbocycles. The van der Waals surface area contributed by atoms with Crippen molar-refractivity contribution in [2.45, 2.75) is 6.92 Å². The predicted molar refractivity (Wildman–Crippen MR) is 69.8 cm³/mol. The zero-order valence-corrected chi connectivity index (χ0v) is 10.3. The first-order chi connectivity index (χ1) is 9.15. The summed E-state index contributed by atoms with van der Waals surface area (Å²) in [5, 5.41) is 0. The molecule has 0 atom stereocenters. The predicted octanol–water partition coefficient (Wildman–Crippen LogP) is 3.10. The third-order valence-corrected chi connectivity index (χ3v) is 2.41. The molecule has 0 unspecified atom stereocenters. The lowest BCUT2D eigenvalue weighted by Gasteiger charge is -2.01. The second-order valence-corrected chi connectivity index (χ2v) is 3.85. The highest BCUT2D eigenvalue weighted by molar-refractivity contribution is 5.94. The van der Waals surface area contributed by atoms with Crippen LogP contribution in [0.1, 0.15) is 23.0 Å². The molecule has 19 heavy (non-hydrogen) atoms. The number of rotatable bonds is 4. The number of hydrogen-bond acceptors (Lipinski definition) is 4. The van der Waals surface area contributed by atoms with Crippen LogP contribution in [0.15, 0.2) is 53.2 Å². The van der Waals surface area contributed by atoms with Crippen molar-refractivity contribution >= 4 is 17.8 Å². The maximum Gasteiger partial charge on any atom is 0.336 e. The molecule has 0 spiro atoms. The van der Waals surface area contributed by atoms with Gasteiger partial charge in [-0.05, 0) is 49.4 Å². The number of carbonyl (C=O) groups is 2. The molecule has 1 heterocycles. The summed E-state index contributed by atoms with van der Waals surface area (Å²) in [5.41, 5.74) is 0.575. The van der Waals surface area contributed by atoms with Crippen LogP contribution in [0, 0.1) is 0 Å². The molecule has 0 radical (unpaired) electrons. The van der Waals surface area contributed by atoms with Gasteiger partial charge in [-0.1, -0.05) is 0 Å². The lowest BCUT2D eigenvalue weighted by molar-refractivity contribution is -0.128. The number of furan rings is 1. The Morgan fingerprint density at radius 3 is 2.47 bits per heavy atom. The molecule has 4 nitrogen and oxygen atoms in total. The normalized spacial score (nSPS) is 10.6. The van der Waals surface area contributed by atoms with E-state index in [1.165, 1.54) is 25.3 Å². The fourth-order valence-corrected chi connectivity index (χ4v) is 1.44. The fourth-order valence-electron chi connectivity index (χ4n) is 1.44. The summed E-state index contributed by atoms with van der Waals surface area (Å²) >= 11 is 0. The molecular formula is C15H12O4. The van der Waals surface area contributed by atoms with E-state index in [4.69, 9.17) is 9.15 Å². The minimum absolute atomic E-state index is 0.0319. The second kappa shape index (κ2) is 5.82. The third-order valence-electron chi connectivity index (χ3n) is 2.41. The summed E-state index contributed by atoms with van der Waals surface area (Å²) in [7, 11) is 0. The highest BCUT2D eigenvalue weighted by Crippen LogP contribution is 2.13. The van der Waals surface area contributed by atoms with Crippen LogP contribution >= 0.6 is 0 Å². The van der Waals surface area contributed by atoms with Gasteiger partial charge in [0.2, 0.25) is 0 Å². The van der Waals surface area contributed by atoms with Crippen LogP contribution in [-0.4, -0.2) is 11.8 Å². The van der Waals surface area contributed by atoms with E-state index in [9.17, 15) is 9.59 Å². The van der Waals surface area contributed by atoms with Gasteiger partial charge >= 0.3 is 5.97 Å². The second-order valence-electron chi connectivity index (χ2n) is 3.85. The summed E-state index contributed by atoms with van der Waals surface area (Å²) in [6.45, 7) is 1.48. The Labute approximate surface area is 110 Å². The zero-order chi connectivity index (χ0) is 13.7. The monoisotopic (exact) mass is 256 g/mol. The van der Waals surface area contributed by atoms with Gasteiger partial charge in [-0.15, -0.1) is 0 Å². The van der Waals surface area contributed by atoms with E-state index in [1.807, 2.05) is 0 Å². The van der Waals surface area contributed by atoms with Crippen molar-refractivity contribution in [1.82, 2.24) is 0 Å². The topological polar surface area (TPSA) is 56.5 Å². The van der Waals surface area contributed by atoms with Crippen LogP contribution < -0.4 is 4.74 Å².